The molecule has 1 unspecified atom stereocenters. The average Bonchev–Trinajstić information content (AvgIpc) is 2.98. The van der Waals surface area contributed by atoms with Crippen molar-refractivity contribution in [2.45, 2.75) is 12.6 Å². The molecule has 0 aliphatic rings. The smallest absolute Gasteiger partial charge is 0.246 e. The molecule has 0 radical (unpaired) electrons. The van der Waals surface area contributed by atoms with Gasteiger partial charge in [-0.3, -0.25) is 4.79 Å². The van der Waals surface area contributed by atoms with Crippen molar-refractivity contribution in [1.82, 2.24) is 0 Å². The quantitative estimate of drug-likeness (QED) is 0.888. The maximum atomic E-state index is 12.5. The molecule has 1 aromatic carbocycles. The van der Waals surface area contributed by atoms with Crippen LogP contribution in [0, 0.1) is 0 Å². The van der Waals surface area contributed by atoms with Gasteiger partial charge >= 0.3 is 0 Å². The van der Waals surface area contributed by atoms with Crippen molar-refractivity contribution in [3.05, 3.63) is 52.7 Å². The number of nitrogens with zero attached hydrogens (tertiary/aromatic N) is 1. The van der Waals surface area contributed by atoms with Gasteiger partial charge in [0, 0.05) is 12.8 Å². The van der Waals surface area contributed by atoms with Gasteiger partial charge in [0.2, 0.25) is 5.91 Å². The first-order chi connectivity index (χ1) is 9.72. The highest BCUT2D eigenvalue weighted by Gasteiger charge is 2.22. The fourth-order valence-electron chi connectivity index (χ4n) is 1.92. The number of anilines is 1. The molecule has 0 bridgehead atoms. The van der Waals surface area contributed by atoms with E-state index >= 15 is 0 Å². The Morgan fingerprint density at radius 1 is 1.35 bits per heavy atom. The molecular formula is C15H18N2O2S. The van der Waals surface area contributed by atoms with Crippen LogP contribution in [-0.2, 0) is 16.1 Å². The Kier molecular flexibility index (Phi) is 5.29. The summed E-state index contributed by atoms with van der Waals surface area (Å²) in [6, 6.07) is 10.9. The monoisotopic (exact) mass is 290 g/mol. The molecule has 1 heterocycles. The minimum Gasteiger partial charge on any atom is -0.383 e. The first kappa shape index (κ1) is 14.7. The number of hydrogen-bond acceptors (Lipinski definition) is 4. The van der Waals surface area contributed by atoms with Crippen molar-refractivity contribution in [2.24, 2.45) is 5.73 Å². The lowest BCUT2D eigenvalue weighted by Crippen LogP contribution is -2.46. The number of amides is 1. The fraction of sp³-hybridized carbons (Fsp3) is 0.267. The summed E-state index contributed by atoms with van der Waals surface area (Å²) < 4.78 is 4.98. The Balaban J connectivity index is 2.22. The largest absolute Gasteiger partial charge is 0.383 e. The molecule has 1 aromatic heterocycles. The molecule has 2 aromatic rings. The number of methoxy groups -OCH3 is 1. The van der Waals surface area contributed by atoms with Gasteiger partial charge < -0.3 is 15.4 Å². The van der Waals surface area contributed by atoms with E-state index in [1.165, 1.54) is 0 Å². The lowest BCUT2D eigenvalue weighted by Gasteiger charge is -2.25. The van der Waals surface area contributed by atoms with Crippen LogP contribution in [0.3, 0.4) is 0 Å². The van der Waals surface area contributed by atoms with E-state index in [-0.39, 0.29) is 12.5 Å². The number of carbonyl (C=O) groups excluding carboxylic acids is 1. The zero-order valence-electron chi connectivity index (χ0n) is 11.4. The van der Waals surface area contributed by atoms with Crippen LogP contribution >= 0.6 is 11.3 Å². The SMILES string of the molecule is COCC(N)C(=O)N(Cc1ccsc1)c1ccccc1. The number of hydrogen-bond donors (Lipinski definition) is 1. The van der Waals surface area contributed by atoms with E-state index in [0.717, 1.165) is 11.3 Å². The molecule has 0 aliphatic heterocycles. The summed E-state index contributed by atoms with van der Waals surface area (Å²) in [7, 11) is 1.54. The van der Waals surface area contributed by atoms with E-state index < -0.39 is 6.04 Å². The third kappa shape index (κ3) is 3.66. The predicted molar refractivity (Wildman–Crippen MR) is 81.8 cm³/mol. The van der Waals surface area contributed by atoms with Gasteiger partial charge in [-0.15, -0.1) is 0 Å². The molecule has 4 nitrogen and oxygen atoms in total. The first-order valence-electron chi connectivity index (χ1n) is 6.34. The molecule has 1 amide bonds. The third-order valence-corrected chi connectivity index (χ3v) is 3.65. The number of nitrogens with two attached hydrogens (primary N) is 1. The number of thiophene rings is 1. The van der Waals surface area contributed by atoms with Gasteiger partial charge in [0.05, 0.1) is 13.2 Å². The lowest BCUT2D eigenvalue weighted by atomic mass is 10.2. The van der Waals surface area contributed by atoms with Crippen LogP contribution in [0.5, 0.6) is 0 Å². The zero-order valence-corrected chi connectivity index (χ0v) is 12.2. The van der Waals surface area contributed by atoms with Gasteiger partial charge in [0.25, 0.3) is 0 Å². The van der Waals surface area contributed by atoms with Crippen molar-refractivity contribution in [2.75, 3.05) is 18.6 Å². The Hall–Kier alpha value is -1.69. The van der Waals surface area contributed by atoms with Crippen LogP contribution in [0.1, 0.15) is 5.56 Å². The Morgan fingerprint density at radius 2 is 2.10 bits per heavy atom. The van der Waals surface area contributed by atoms with Crippen molar-refractivity contribution in [1.29, 1.82) is 0 Å². The van der Waals surface area contributed by atoms with Gasteiger partial charge in [-0.25, -0.2) is 0 Å². The number of para-hydroxylation sites is 1. The van der Waals surface area contributed by atoms with E-state index in [1.54, 1.807) is 23.3 Å². The van der Waals surface area contributed by atoms with Crippen molar-refractivity contribution in [3.63, 3.8) is 0 Å². The topological polar surface area (TPSA) is 55.6 Å². The predicted octanol–water partition coefficient (Wildman–Crippen LogP) is 2.26. The molecule has 0 aliphatic carbocycles. The van der Waals surface area contributed by atoms with Crippen LogP contribution in [0.2, 0.25) is 0 Å². The molecule has 20 heavy (non-hydrogen) atoms. The van der Waals surface area contributed by atoms with E-state index in [4.69, 9.17) is 10.5 Å². The minimum absolute atomic E-state index is 0.135. The number of ether oxygens (including phenoxy) is 1. The summed E-state index contributed by atoms with van der Waals surface area (Å²) >= 11 is 1.61. The molecule has 0 saturated heterocycles. The highest BCUT2D eigenvalue weighted by molar-refractivity contribution is 7.07. The van der Waals surface area contributed by atoms with Crippen molar-refractivity contribution in [3.8, 4) is 0 Å². The van der Waals surface area contributed by atoms with Crippen molar-refractivity contribution >= 4 is 22.9 Å². The van der Waals surface area contributed by atoms with Gasteiger partial charge in [0.1, 0.15) is 6.04 Å². The third-order valence-electron chi connectivity index (χ3n) is 2.92. The normalized spacial score (nSPS) is 12.1. The van der Waals surface area contributed by atoms with Crippen LogP contribution in [0.4, 0.5) is 5.69 Å². The Bertz CT molecular complexity index is 528. The second kappa shape index (κ2) is 7.19. The van der Waals surface area contributed by atoms with E-state index in [2.05, 4.69) is 0 Å². The van der Waals surface area contributed by atoms with Gasteiger partial charge in [-0.2, -0.15) is 11.3 Å². The van der Waals surface area contributed by atoms with E-state index in [9.17, 15) is 4.79 Å². The van der Waals surface area contributed by atoms with E-state index in [0.29, 0.717) is 6.54 Å². The number of benzene rings is 1. The lowest BCUT2D eigenvalue weighted by molar-refractivity contribution is -0.121. The second-order valence-electron chi connectivity index (χ2n) is 4.45. The van der Waals surface area contributed by atoms with Crippen LogP contribution in [0.15, 0.2) is 47.2 Å². The summed E-state index contributed by atoms with van der Waals surface area (Å²) in [5.74, 6) is -0.135. The Morgan fingerprint density at radius 3 is 2.70 bits per heavy atom. The first-order valence-corrected chi connectivity index (χ1v) is 7.28. The minimum atomic E-state index is -0.654. The summed E-state index contributed by atoms with van der Waals surface area (Å²) in [5, 5.41) is 4.03. The maximum absolute atomic E-state index is 12.5. The van der Waals surface area contributed by atoms with Crippen LogP contribution in [0.25, 0.3) is 0 Å². The van der Waals surface area contributed by atoms with Crippen molar-refractivity contribution < 1.29 is 9.53 Å². The zero-order chi connectivity index (χ0) is 14.4. The highest BCUT2D eigenvalue weighted by atomic mass is 32.1. The molecule has 5 heteroatoms. The molecular weight excluding hydrogens is 272 g/mol. The second-order valence-corrected chi connectivity index (χ2v) is 5.23. The highest BCUT2D eigenvalue weighted by Crippen LogP contribution is 2.19. The van der Waals surface area contributed by atoms with Crippen LogP contribution in [-0.4, -0.2) is 25.7 Å². The average molecular weight is 290 g/mol. The summed E-state index contributed by atoms with van der Waals surface area (Å²) in [4.78, 5) is 14.2. The fourth-order valence-corrected chi connectivity index (χ4v) is 2.58. The molecule has 0 saturated carbocycles. The molecule has 2 rings (SSSR count). The molecule has 1 atom stereocenters. The van der Waals surface area contributed by atoms with Gasteiger partial charge in [-0.1, -0.05) is 18.2 Å². The van der Waals surface area contributed by atoms with Crippen LogP contribution < -0.4 is 10.6 Å². The van der Waals surface area contributed by atoms with Gasteiger partial charge in [0.15, 0.2) is 0 Å². The van der Waals surface area contributed by atoms with E-state index in [1.807, 2.05) is 47.2 Å². The van der Waals surface area contributed by atoms with Gasteiger partial charge in [-0.05, 0) is 34.5 Å². The molecule has 2 N–H and O–H groups in total. The summed E-state index contributed by atoms with van der Waals surface area (Å²) in [5.41, 5.74) is 7.82. The Labute approximate surface area is 122 Å². The maximum Gasteiger partial charge on any atom is 0.246 e. The summed E-state index contributed by atoms with van der Waals surface area (Å²) in [6.07, 6.45) is 0. The standard InChI is InChI=1S/C15H18N2O2S/c1-19-10-14(16)15(18)17(9-12-7-8-20-11-12)13-5-3-2-4-6-13/h2-8,11,14H,9-10,16H2,1H3. The molecule has 106 valence electrons. The molecule has 0 fully saturated rings. The molecule has 0 spiro atoms. The summed E-state index contributed by atoms with van der Waals surface area (Å²) in [6.45, 7) is 0.732. The number of carbonyl (C=O) groups is 1. The number of rotatable bonds is 6.